The van der Waals surface area contributed by atoms with Gasteiger partial charge in [-0.3, -0.25) is 0 Å². The van der Waals surface area contributed by atoms with E-state index in [4.69, 9.17) is 0 Å². The molecule has 0 unspecified atom stereocenters. The maximum Gasteiger partial charge on any atom is 0.0712 e. The number of likely N-dealkylation sites (tertiary alicyclic amines) is 1. The smallest absolute Gasteiger partial charge is 0.0712 e. The van der Waals surface area contributed by atoms with Crippen LogP contribution in [-0.2, 0) is 6.42 Å². The van der Waals surface area contributed by atoms with Crippen molar-refractivity contribution in [3.8, 4) is 0 Å². The zero-order valence-electron chi connectivity index (χ0n) is 11.2. The van der Waals surface area contributed by atoms with Crippen LogP contribution in [0.2, 0.25) is 0 Å². The lowest BCUT2D eigenvalue weighted by atomic mass is 9.85. The van der Waals surface area contributed by atoms with Crippen LogP contribution < -0.4 is 0 Å². The van der Waals surface area contributed by atoms with Crippen molar-refractivity contribution in [1.82, 2.24) is 4.90 Å². The molecule has 0 amide bonds. The van der Waals surface area contributed by atoms with E-state index in [-0.39, 0.29) is 0 Å². The normalized spacial score (nSPS) is 20.3. The monoisotopic (exact) mass is 311 g/mol. The van der Waals surface area contributed by atoms with E-state index in [0.29, 0.717) is 6.04 Å². The Balaban J connectivity index is 1.97. The van der Waals surface area contributed by atoms with Crippen molar-refractivity contribution in [2.45, 2.75) is 44.8 Å². The van der Waals surface area contributed by atoms with Crippen molar-refractivity contribution >= 4 is 15.9 Å². The van der Waals surface area contributed by atoms with Crippen LogP contribution >= 0.6 is 15.9 Å². The summed E-state index contributed by atoms with van der Waals surface area (Å²) < 4.78 is 1.09. The molecule has 0 atom stereocenters. The van der Waals surface area contributed by atoms with Crippen LogP contribution in [0.5, 0.6) is 0 Å². The quantitative estimate of drug-likeness (QED) is 0.926. The fourth-order valence-electron chi connectivity index (χ4n) is 2.66. The predicted octanol–water partition coefficient (Wildman–Crippen LogP) is 3.23. The van der Waals surface area contributed by atoms with E-state index in [1.165, 1.54) is 5.56 Å². The Labute approximate surface area is 118 Å². The Bertz CT molecular complexity index is 397. The van der Waals surface area contributed by atoms with Gasteiger partial charge in [-0.1, -0.05) is 28.1 Å². The van der Waals surface area contributed by atoms with Gasteiger partial charge < -0.3 is 10.0 Å². The summed E-state index contributed by atoms with van der Waals surface area (Å²) in [5.41, 5.74) is 0.691. The molecule has 18 heavy (non-hydrogen) atoms. The topological polar surface area (TPSA) is 23.5 Å². The minimum Gasteiger partial charge on any atom is -0.389 e. The van der Waals surface area contributed by atoms with Gasteiger partial charge in [0, 0.05) is 30.0 Å². The zero-order valence-corrected chi connectivity index (χ0v) is 12.8. The van der Waals surface area contributed by atoms with Crippen LogP contribution in [0, 0.1) is 0 Å². The lowest BCUT2D eigenvalue weighted by molar-refractivity contribution is -0.0271. The first-order valence-corrected chi connectivity index (χ1v) is 7.49. The van der Waals surface area contributed by atoms with Gasteiger partial charge >= 0.3 is 0 Å². The highest BCUT2D eigenvalue weighted by atomic mass is 79.9. The first kappa shape index (κ1) is 14.0. The number of nitrogens with zero attached hydrogens (tertiary/aromatic N) is 1. The molecule has 1 aromatic carbocycles. The molecule has 0 radical (unpaired) electrons. The van der Waals surface area contributed by atoms with Crippen LogP contribution in [-0.4, -0.2) is 34.7 Å². The second-order valence-corrected chi connectivity index (χ2v) is 6.58. The van der Waals surface area contributed by atoms with E-state index in [0.717, 1.165) is 36.8 Å². The van der Waals surface area contributed by atoms with Crippen molar-refractivity contribution in [2.24, 2.45) is 0 Å². The Morgan fingerprint density at radius 2 is 2.00 bits per heavy atom. The number of hydrogen-bond acceptors (Lipinski definition) is 2. The van der Waals surface area contributed by atoms with E-state index >= 15 is 0 Å². The third-order valence-electron chi connectivity index (χ3n) is 3.88. The number of rotatable bonds is 3. The van der Waals surface area contributed by atoms with Crippen LogP contribution in [0.15, 0.2) is 28.7 Å². The van der Waals surface area contributed by atoms with Crippen LogP contribution in [0.1, 0.15) is 32.3 Å². The van der Waals surface area contributed by atoms with E-state index in [2.05, 4.69) is 46.8 Å². The number of piperidine rings is 1. The molecule has 1 N–H and O–H groups in total. The molecule has 3 heteroatoms. The molecule has 2 rings (SSSR count). The molecule has 1 heterocycles. The van der Waals surface area contributed by atoms with Gasteiger partial charge in [-0.2, -0.15) is 0 Å². The fourth-order valence-corrected chi connectivity index (χ4v) is 3.11. The third-order valence-corrected chi connectivity index (χ3v) is 4.37. The minimum atomic E-state index is -0.522. The summed E-state index contributed by atoms with van der Waals surface area (Å²) in [5, 5.41) is 10.7. The Morgan fingerprint density at radius 1 is 1.33 bits per heavy atom. The van der Waals surface area contributed by atoms with Crippen LogP contribution in [0.4, 0.5) is 0 Å². The van der Waals surface area contributed by atoms with Crippen molar-refractivity contribution in [1.29, 1.82) is 0 Å². The molecule has 1 aromatic rings. The summed E-state index contributed by atoms with van der Waals surface area (Å²) in [5.74, 6) is 0. The lowest BCUT2D eigenvalue weighted by Crippen LogP contribution is -2.47. The number of hydrogen-bond donors (Lipinski definition) is 1. The van der Waals surface area contributed by atoms with Crippen molar-refractivity contribution in [3.63, 3.8) is 0 Å². The SMILES string of the molecule is CC(C)N1CCC(O)(Cc2cccc(Br)c2)CC1. The summed E-state index contributed by atoms with van der Waals surface area (Å²) in [6.45, 7) is 6.45. The van der Waals surface area contributed by atoms with E-state index in [1.807, 2.05) is 12.1 Å². The third kappa shape index (κ3) is 3.56. The highest BCUT2D eigenvalue weighted by Crippen LogP contribution is 2.28. The highest BCUT2D eigenvalue weighted by molar-refractivity contribution is 9.10. The standard InChI is InChI=1S/C15H22BrNO/c1-12(2)17-8-6-15(18,7-9-17)11-13-4-3-5-14(16)10-13/h3-5,10,12,18H,6-9,11H2,1-2H3. The Hall–Kier alpha value is -0.380. The van der Waals surface area contributed by atoms with Crippen molar-refractivity contribution in [2.75, 3.05) is 13.1 Å². The highest BCUT2D eigenvalue weighted by Gasteiger charge is 2.32. The molecule has 1 saturated heterocycles. The fraction of sp³-hybridized carbons (Fsp3) is 0.600. The summed E-state index contributed by atoms with van der Waals surface area (Å²) in [6, 6.07) is 8.84. The van der Waals surface area contributed by atoms with E-state index in [9.17, 15) is 5.11 Å². The molecule has 0 aromatic heterocycles. The maximum absolute atomic E-state index is 10.7. The number of halogens is 1. The average Bonchev–Trinajstić information content (AvgIpc) is 2.29. The van der Waals surface area contributed by atoms with Crippen molar-refractivity contribution in [3.05, 3.63) is 34.3 Å². The van der Waals surface area contributed by atoms with Gasteiger partial charge in [-0.05, 0) is 44.4 Å². The first-order chi connectivity index (χ1) is 8.48. The van der Waals surface area contributed by atoms with Gasteiger partial charge in [0.15, 0.2) is 0 Å². The molecule has 0 bridgehead atoms. The minimum absolute atomic E-state index is 0.522. The maximum atomic E-state index is 10.7. The molecule has 0 spiro atoms. The van der Waals surface area contributed by atoms with E-state index in [1.54, 1.807) is 0 Å². The summed E-state index contributed by atoms with van der Waals surface area (Å²) in [4.78, 5) is 2.44. The molecular weight excluding hydrogens is 290 g/mol. The van der Waals surface area contributed by atoms with Gasteiger partial charge in [0.25, 0.3) is 0 Å². The molecule has 100 valence electrons. The predicted molar refractivity (Wildman–Crippen MR) is 78.7 cm³/mol. The largest absolute Gasteiger partial charge is 0.389 e. The molecule has 1 aliphatic rings. The molecule has 1 aliphatic heterocycles. The Morgan fingerprint density at radius 3 is 2.56 bits per heavy atom. The van der Waals surface area contributed by atoms with Crippen molar-refractivity contribution < 1.29 is 5.11 Å². The summed E-state index contributed by atoms with van der Waals surface area (Å²) in [7, 11) is 0. The molecule has 0 saturated carbocycles. The molecular formula is C15H22BrNO. The molecule has 2 nitrogen and oxygen atoms in total. The van der Waals surface area contributed by atoms with Gasteiger partial charge in [0.1, 0.15) is 0 Å². The van der Waals surface area contributed by atoms with Gasteiger partial charge in [-0.25, -0.2) is 0 Å². The number of benzene rings is 1. The molecule has 0 aliphatic carbocycles. The van der Waals surface area contributed by atoms with Crippen LogP contribution in [0.3, 0.4) is 0 Å². The van der Waals surface area contributed by atoms with Gasteiger partial charge in [-0.15, -0.1) is 0 Å². The number of aliphatic hydroxyl groups is 1. The first-order valence-electron chi connectivity index (χ1n) is 6.69. The summed E-state index contributed by atoms with van der Waals surface area (Å²) >= 11 is 3.48. The summed E-state index contributed by atoms with van der Waals surface area (Å²) in [6.07, 6.45) is 2.51. The van der Waals surface area contributed by atoms with Gasteiger partial charge in [0.05, 0.1) is 5.60 Å². The lowest BCUT2D eigenvalue weighted by Gasteiger charge is -2.40. The zero-order chi connectivity index (χ0) is 13.2. The van der Waals surface area contributed by atoms with Gasteiger partial charge in [0.2, 0.25) is 0 Å². The second-order valence-electron chi connectivity index (χ2n) is 5.66. The van der Waals surface area contributed by atoms with E-state index < -0.39 is 5.60 Å². The van der Waals surface area contributed by atoms with Crippen LogP contribution in [0.25, 0.3) is 0 Å². The second kappa shape index (κ2) is 5.72. The molecule has 1 fully saturated rings. The average molecular weight is 312 g/mol. The Kier molecular flexibility index (Phi) is 4.46.